The van der Waals surface area contributed by atoms with E-state index in [0.29, 0.717) is 30.6 Å². The molecule has 1 atom stereocenters. The zero-order valence-corrected chi connectivity index (χ0v) is 15.8. The fourth-order valence-electron chi connectivity index (χ4n) is 3.19. The summed E-state index contributed by atoms with van der Waals surface area (Å²) < 4.78 is 10.1. The van der Waals surface area contributed by atoms with Crippen LogP contribution in [0.5, 0.6) is 0 Å². The molecule has 2 rings (SSSR count). The van der Waals surface area contributed by atoms with Crippen LogP contribution in [0.25, 0.3) is 0 Å². The van der Waals surface area contributed by atoms with Crippen LogP contribution in [0.4, 0.5) is 0 Å². The molecule has 0 unspecified atom stereocenters. The molecule has 0 spiro atoms. The van der Waals surface area contributed by atoms with E-state index in [2.05, 4.69) is 4.98 Å². The third-order valence-corrected chi connectivity index (χ3v) is 4.62. The Morgan fingerprint density at radius 1 is 1.19 bits per heavy atom. The van der Waals surface area contributed by atoms with Crippen molar-refractivity contribution in [1.82, 2.24) is 9.88 Å². The van der Waals surface area contributed by atoms with Gasteiger partial charge in [0.15, 0.2) is 6.61 Å². The van der Waals surface area contributed by atoms with Crippen LogP contribution in [0.1, 0.15) is 51.9 Å². The van der Waals surface area contributed by atoms with Crippen LogP contribution in [0, 0.1) is 19.8 Å². The van der Waals surface area contributed by atoms with Gasteiger partial charge in [-0.2, -0.15) is 0 Å². The Bertz CT molecular complexity index is 755. The number of nitrogens with two attached hydrogens (primary N) is 1. The van der Waals surface area contributed by atoms with Gasteiger partial charge < -0.3 is 25.1 Å². The monoisotopic (exact) mass is 379 g/mol. The number of H-pyrrole nitrogens is 1. The molecule has 148 valence electrons. The number of nitrogens with one attached hydrogen (secondary N) is 1. The second-order valence-electron chi connectivity index (χ2n) is 6.50. The van der Waals surface area contributed by atoms with Gasteiger partial charge in [-0.15, -0.1) is 0 Å². The number of hydrogen-bond acceptors (Lipinski definition) is 6. The average molecular weight is 379 g/mol. The van der Waals surface area contributed by atoms with Crippen LogP contribution >= 0.6 is 0 Å². The number of likely N-dealkylation sites (tertiary alicyclic amines) is 1. The van der Waals surface area contributed by atoms with Gasteiger partial charge in [0.05, 0.1) is 18.1 Å². The van der Waals surface area contributed by atoms with E-state index in [1.165, 1.54) is 4.90 Å². The summed E-state index contributed by atoms with van der Waals surface area (Å²) in [5.41, 5.74) is 6.60. The van der Waals surface area contributed by atoms with Crippen molar-refractivity contribution in [1.29, 1.82) is 0 Å². The smallest absolute Gasteiger partial charge is 0.355 e. The normalized spacial score (nSPS) is 16.7. The zero-order chi connectivity index (χ0) is 20.1. The summed E-state index contributed by atoms with van der Waals surface area (Å²) in [6, 6.07) is 0. The molecule has 1 aliphatic rings. The van der Waals surface area contributed by atoms with Gasteiger partial charge in [0.2, 0.25) is 5.91 Å². The summed E-state index contributed by atoms with van der Waals surface area (Å²) in [5, 5.41) is 0. The largest absolute Gasteiger partial charge is 0.462 e. The predicted molar refractivity (Wildman–Crippen MR) is 95.0 cm³/mol. The van der Waals surface area contributed by atoms with Crippen LogP contribution in [-0.2, 0) is 19.1 Å². The van der Waals surface area contributed by atoms with Gasteiger partial charge >= 0.3 is 11.9 Å². The lowest BCUT2D eigenvalue weighted by Gasteiger charge is -2.31. The highest BCUT2D eigenvalue weighted by molar-refractivity contribution is 5.99. The first-order valence-electron chi connectivity index (χ1n) is 8.86. The first-order valence-corrected chi connectivity index (χ1v) is 8.86. The molecule has 1 aromatic heterocycles. The molecule has 0 saturated carbocycles. The molecule has 0 bridgehead atoms. The summed E-state index contributed by atoms with van der Waals surface area (Å²) in [6.45, 7) is 5.46. The number of esters is 2. The van der Waals surface area contributed by atoms with E-state index in [0.717, 1.165) is 0 Å². The maximum Gasteiger partial charge on any atom is 0.355 e. The predicted octanol–water partition coefficient (Wildman–Crippen LogP) is 0.689. The van der Waals surface area contributed by atoms with Gasteiger partial charge in [0.25, 0.3) is 5.91 Å². The van der Waals surface area contributed by atoms with E-state index in [4.69, 9.17) is 15.2 Å². The zero-order valence-electron chi connectivity index (χ0n) is 15.8. The fraction of sp³-hybridized carbons (Fsp3) is 0.556. The van der Waals surface area contributed by atoms with Gasteiger partial charge in [-0.05, 0) is 39.2 Å². The number of rotatable bonds is 6. The minimum atomic E-state index is -0.733. The van der Waals surface area contributed by atoms with E-state index in [9.17, 15) is 19.2 Å². The minimum absolute atomic E-state index is 0.108. The van der Waals surface area contributed by atoms with E-state index in [-0.39, 0.29) is 36.2 Å². The summed E-state index contributed by atoms with van der Waals surface area (Å²) in [4.78, 5) is 52.2. The Kier molecular flexibility index (Phi) is 6.59. The Labute approximate surface area is 157 Å². The van der Waals surface area contributed by atoms with E-state index >= 15 is 0 Å². The molecule has 27 heavy (non-hydrogen) atoms. The quantitative estimate of drug-likeness (QED) is 0.699. The van der Waals surface area contributed by atoms with Crippen LogP contribution < -0.4 is 5.73 Å². The summed E-state index contributed by atoms with van der Waals surface area (Å²) in [6.07, 6.45) is 1.32. The van der Waals surface area contributed by atoms with Crippen molar-refractivity contribution in [3.05, 3.63) is 22.5 Å². The number of hydrogen-bond donors (Lipinski definition) is 2. The second kappa shape index (κ2) is 8.70. The van der Waals surface area contributed by atoms with Crippen molar-refractivity contribution < 1.29 is 28.7 Å². The molecule has 1 saturated heterocycles. The van der Waals surface area contributed by atoms with Gasteiger partial charge in [-0.25, -0.2) is 9.59 Å². The molecule has 1 fully saturated rings. The van der Waals surface area contributed by atoms with Crippen LogP contribution in [0.15, 0.2) is 0 Å². The summed E-state index contributed by atoms with van der Waals surface area (Å²) >= 11 is 0. The Morgan fingerprint density at radius 2 is 1.89 bits per heavy atom. The van der Waals surface area contributed by atoms with Crippen LogP contribution in [0.2, 0.25) is 0 Å². The van der Waals surface area contributed by atoms with Crippen molar-refractivity contribution in [3.63, 3.8) is 0 Å². The number of aromatic nitrogens is 1. The number of carbonyl (C=O) groups excluding carboxylic acids is 4. The molecular weight excluding hydrogens is 354 g/mol. The Hall–Kier alpha value is -2.84. The number of ether oxygens (including phenoxy) is 2. The lowest BCUT2D eigenvalue weighted by atomic mass is 9.97. The molecular formula is C18H25N3O6. The maximum absolute atomic E-state index is 12.3. The Balaban J connectivity index is 1.99. The number of amides is 2. The molecule has 2 heterocycles. The van der Waals surface area contributed by atoms with Gasteiger partial charge in [0, 0.05) is 18.8 Å². The molecule has 9 nitrogen and oxygen atoms in total. The molecule has 1 aliphatic heterocycles. The van der Waals surface area contributed by atoms with Crippen molar-refractivity contribution in [3.8, 4) is 0 Å². The van der Waals surface area contributed by atoms with Crippen LogP contribution in [0.3, 0.4) is 0 Å². The van der Waals surface area contributed by atoms with E-state index in [1.807, 2.05) is 0 Å². The van der Waals surface area contributed by atoms with Gasteiger partial charge in [-0.1, -0.05) is 0 Å². The molecule has 2 amide bonds. The molecule has 3 N–H and O–H groups in total. The Morgan fingerprint density at radius 3 is 2.52 bits per heavy atom. The molecule has 0 aliphatic carbocycles. The van der Waals surface area contributed by atoms with Crippen molar-refractivity contribution in [2.24, 2.45) is 11.7 Å². The fourth-order valence-corrected chi connectivity index (χ4v) is 3.19. The van der Waals surface area contributed by atoms with E-state index in [1.54, 1.807) is 20.8 Å². The molecule has 9 heteroatoms. The molecule has 0 aromatic carbocycles. The number of nitrogens with zero attached hydrogens (tertiary/aromatic N) is 1. The SMILES string of the molecule is CCOC(=O)c1c(C)[nH]c(C(=O)OCC(=O)N2CCC[C@H](C(N)=O)C2)c1C. The highest BCUT2D eigenvalue weighted by Gasteiger charge is 2.28. The number of aromatic amines is 1. The van der Waals surface area contributed by atoms with Gasteiger partial charge in [0.1, 0.15) is 5.69 Å². The summed E-state index contributed by atoms with van der Waals surface area (Å²) in [7, 11) is 0. The summed E-state index contributed by atoms with van der Waals surface area (Å²) in [5.74, 6) is -2.46. The van der Waals surface area contributed by atoms with E-state index < -0.39 is 24.5 Å². The first-order chi connectivity index (χ1) is 12.8. The minimum Gasteiger partial charge on any atom is -0.462 e. The number of aryl methyl sites for hydroxylation is 1. The number of carbonyl (C=O) groups is 4. The average Bonchev–Trinajstić information content (AvgIpc) is 2.94. The highest BCUT2D eigenvalue weighted by atomic mass is 16.5. The first kappa shape index (κ1) is 20.5. The lowest BCUT2D eigenvalue weighted by Crippen LogP contribution is -2.45. The third-order valence-electron chi connectivity index (χ3n) is 4.62. The van der Waals surface area contributed by atoms with Gasteiger partial charge in [-0.3, -0.25) is 9.59 Å². The van der Waals surface area contributed by atoms with Crippen molar-refractivity contribution in [2.75, 3.05) is 26.3 Å². The molecule has 1 aromatic rings. The standard InChI is InChI=1S/C18H25N3O6/c1-4-26-17(24)14-10(2)15(20-11(14)3)18(25)27-9-13(22)21-7-5-6-12(8-21)16(19)23/h12,20H,4-9H2,1-3H3,(H2,19,23)/t12-/m0/s1. The van der Waals surface area contributed by atoms with Crippen LogP contribution in [-0.4, -0.2) is 59.9 Å². The highest BCUT2D eigenvalue weighted by Crippen LogP contribution is 2.20. The molecule has 0 radical (unpaired) electrons. The topological polar surface area (TPSA) is 132 Å². The number of primary amides is 1. The number of piperidine rings is 1. The lowest BCUT2D eigenvalue weighted by molar-refractivity contribution is -0.137. The van der Waals surface area contributed by atoms with Crippen molar-refractivity contribution in [2.45, 2.75) is 33.6 Å². The third kappa shape index (κ3) is 4.66. The van der Waals surface area contributed by atoms with Crippen molar-refractivity contribution >= 4 is 23.8 Å². The maximum atomic E-state index is 12.3. The second-order valence-corrected chi connectivity index (χ2v) is 6.50.